The van der Waals surface area contributed by atoms with Crippen molar-refractivity contribution in [3.05, 3.63) is 58.1 Å². The van der Waals surface area contributed by atoms with Crippen molar-refractivity contribution in [1.82, 2.24) is 10.2 Å². The van der Waals surface area contributed by atoms with E-state index in [2.05, 4.69) is 17.6 Å². The van der Waals surface area contributed by atoms with E-state index in [1.54, 1.807) is 58.0 Å². The van der Waals surface area contributed by atoms with Crippen LogP contribution in [0.2, 0.25) is 5.02 Å². The van der Waals surface area contributed by atoms with Gasteiger partial charge in [-0.3, -0.25) is 9.59 Å². The lowest BCUT2D eigenvalue weighted by Gasteiger charge is -2.36. The van der Waals surface area contributed by atoms with Crippen molar-refractivity contribution < 1.29 is 24.2 Å². The SMILES string of the molecule is CCCCCCN(C(=O)C(NC(=O)OC(C)(C)C)C(C)CC)C(C(=O)Nc1c(C)cccc1Cl)c1cccc(C)c1O. The Labute approximate surface area is 256 Å². The first-order chi connectivity index (χ1) is 19.7. The number of aromatic hydroxyl groups is 1. The number of unbranched alkanes of at least 4 members (excludes halogenated alkanes) is 3. The molecular weight excluding hydrogens is 554 g/mol. The summed E-state index contributed by atoms with van der Waals surface area (Å²) >= 11 is 6.46. The van der Waals surface area contributed by atoms with E-state index in [0.29, 0.717) is 34.7 Å². The number of hydrogen-bond acceptors (Lipinski definition) is 5. The lowest BCUT2D eigenvalue weighted by atomic mass is 9.94. The second-order valence-corrected chi connectivity index (χ2v) is 12.3. The van der Waals surface area contributed by atoms with E-state index in [0.717, 1.165) is 24.8 Å². The van der Waals surface area contributed by atoms with E-state index in [1.165, 1.54) is 4.90 Å². The van der Waals surface area contributed by atoms with E-state index in [-0.39, 0.29) is 18.2 Å². The van der Waals surface area contributed by atoms with E-state index >= 15 is 0 Å². The molecule has 0 saturated heterocycles. The van der Waals surface area contributed by atoms with Gasteiger partial charge in [0.25, 0.3) is 5.91 Å². The zero-order valence-electron chi connectivity index (χ0n) is 26.3. The summed E-state index contributed by atoms with van der Waals surface area (Å²) in [6.45, 7) is 15.0. The minimum absolute atomic E-state index is 0.0694. The van der Waals surface area contributed by atoms with Gasteiger partial charge >= 0.3 is 6.09 Å². The largest absolute Gasteiger partial charge is 0.507 e. The molecule has 0 aromatic heterocycles. The normalized spacial score (nSPS) is 13.5. The monoisotopic (exact) mass is 601 g/mol. The van der Waals surface area contributed by atoms with E-state index < -0.39 is 35.6 Å². The number of nitrogens with one attached hydrogen (secondary N) is 2. The van der Waals surface area contributed by atoms with Crippen LogP contribution in [0.25, 0.3) is 0 Å². The Morgan fingerprint density at radius 1 is 1.00 bits per heavy atom. The Kier molecular flexibility index (Phi) is 13.2. The number of nitrogens with zero attached hydrogens (tertiary/aromatic N) is 1. The fraction of sp³-hybridized carbons (Fsp3) is 0.545. The van der Waals surface area contributed by atoms with Crippen LogP contribution in [0.4, 0.5) is 10.5 Å². The van der Waals surface area contributed by atoms with Crippen molar-refractivity contribution in [3.63, 3.8) is 0 Å². The smallest absolute Gasteiger partial charge is 0.408 e. The minimum Gasteiger partial charge on any atom is -0.507 e. The molecule has 42 heavy (non-hydrogen) atoms. The highest BCUT2D eigenvalue weighted by molar-refractivity contribution is 6.34. The first-order valence-electron chi connectivity index (χ1n) is 14.9. The topological polar surface area (TPSA) is 108 Å². The number of carbonyl (C=O) groups excluding carboxylic acids is 3. The first kappa shape index (κ1) is 34.9. The van der Waals surface area contributed by atoms with Gasteiger partial charge in [0.15, 0.2) is 0 Å². The molecule has 0 aliphatic rings. The number of phenols is 1. The molecule has 232 valence electrons. The van der Waals surface area contributed by atoms with E-state index in [9.17, 15) is 19.5 Å². The lowest BCUT2D eigenvalue weighted by molar-refractivity contribution is -0.142. The van der Waals surface area contributed by atoms with Gasteiger partial charge < -0.3 is 25.4 Å². The van der Waals surface area contributed by atoms with Gasteiger partial charge in [0.1, 0.15) is 23.4 Å². The third-order valence-corrected chi connectivity index (χ3v) is 7.60. The summed E-state index contributed by atoms with van der Waals surface area (Å²) in [7, 11) is 0. The average Bonchev–Trinajstić information content (AvgIpc) is 2.91. The van der Waals surface area contributed by atoms with Gasteiger partial charge in [0.05, 0.1) is 10.7 Å². The van der Waals surface area contributed by atoms with Crippen molar-refractivity contribution in [1.29, 1.82) is 0 Å². The molecule has 0 heterocycles. The van der Waals surface area contributed by atoms with Gasteiger partial charge in [-0.1, -0.05) is 88.4 Å². The van der Waals surface area contributed by atoms with Crippen LogP contribution in [-0.4, -0.2) is 46.1 Å². The maximum atomic E-state index is 14.5. The number of carbonyl (C=O) groups is 3. The van der Waals surface area contributed by atoms with Crippen LogP contribution in [0.1, 0.15) is 96.4 Å². The van der Waals surface area contributed by atoms with Crippen molar-refractivity contribution >= 4 is 35.2 Å². The number of phenolic OH excluding ortho intramolecular Hbond substituents is 1. The van der Waals surface area contributed by atoms with Crippen LogP contribution in [-0.2, 0) is 14.3 Å². The van der Waals surface area contributed by atoms with Gasteiger partial charge in [-0.05, 0) is 64.2 Å². The highest BCUT2D eigenvalue weighted by atomic mass is 35.5. The average molecular weight is 602 g/mol. The summed E-state index contributed by atoms with van der Waals surface area (Å²) in [4.78, 5) is 43.0. The highest BCUT2D eigenvalue weighted by Gasteiger charge is 2.39. The number of halogens is 1. The molecule has 0 spiro atoms. The van der Waals surface area contributed by atoms with Gasteiger partial charge in [0, 0.05) is 12.1 Å². The molecule has 0 aliphatic heterocycles. The third-order valence-electron chi connectivity index (χ3n) is 7.28. The summed E-state index contributed by atoms with van der Waals surface area (Å²) in [5.41, 5.74) is 1.30. The second-order valence-electron chi connectivity index (χ2n) is 11.9. The summed E-state index contributed by atoms with van der Waals surface area (Å²) in [6, 6.07) is 8.29. The molecule has 0 aliphatic carbocycles. The number of ether oxygens (including phenoxy) is 1. The Morgan fingerprint density at radius 3 is 2.24 bits per heavy atom. The van der Waals surface area contributed by atoms with Gasteiger partial charge in [-0.15, -0.1) is 0 Å². The number of alkyl carbamates (subject to hydrolysis) is 1. The molecule has 0 radical (unpaired) electrons. The molecule has 9 heteroatoms. The zero-order chi connectivity index (χ0) is 31.6. The molecule has 2 aromatic carbocycles. The van der Waals surface area contributed by atoms with Crippen LogP contribution in [0, 0.1) is 19.8 Å². The van der Waals surface area contributed by atoms with Gasteiger partial charge in [-0.25, -0.2) is 4.79 Å². The Hall–Kier alpha value is -3.26. The molecule has 0 fully saturated rings. The summed E-state index contributed by atoms with van der Waals surface area (Å²) < 4.78 is 5.48. The maximum absolute atomic E-state index is 14.5. The number of para-hydroxylation sites is 2. The van der Waals surface area contributed by atoms with E-state index in [4.69, 9.17) is 16.3 Å². The van der Waals surface area contributed by atoms with Crippen molar-refractivity contribution in [3.8, 4) is 5.75 Å². The van der Waals surface area contributed by atoms with Crippen LogP contribution in [0.15, 0.2) is 36.4 Å². The molecule has 2 aromatic rings. The van der Waals surface area contributed by atoms with Crippen molar-refractivity contribution in [2.75, 3.05) is 11.9 Å². The quantitative estimate of drug-likeness (QED) is 0.204. The standard InChI is InChI=1S/C33H48ClN3O5/c1-9-11-12-13-20-37(31(40)27(21(3)10-2)36-32(41)42-33(6,7)8)28(24-18-14-17-23(5)29(24)38)30(39)35-26-22(4)16-15-19-25(26)34/h14-19,21,27-28,38H,9-13,20H2,1-8H3,(H,35,39)(H,36,41). The second kappa shape index (κ2) is 15.8. The Bertz CT molecular complexity index is 1210. The third kappa shape index (κ3) is 9.65. The van der Waals surface area contributed by atoms with Crippen LogP contribution >= 0.6 is 11.6 Å². The number of amides is 3. The van der Waals surface area contributed by atoms with Crippen molar-refractivity contribution in [2.24, 2.45) is 5.92 Å². The number of aryl methyl sites for hydroxylation is 2. The molecule has 0 bridgehead atoms. The molecule has 2 rings (SSSR count). The number of rotatable bonds is 13. The molecule has 0 saturated carbocycles. The van der Waals surface area contributed by atoms with Crippen molar-refractivity contribution in [2.45, 2.75) is 105 Å². The summed E-state index contributed by atoms with van der Waals surface area (Å²) in [5.74, 6) is -1.27. The molecule has 3 unspecified atom stereocenters. The number of benzene rings is 2. The fourth-order valence-corrected chi connectivity index (χ4v) is 4.98. The Morgan fingerprint density at radius 2 is 1.64 bits per heavy atom. The molecule has 3 amide bonds. The number of anilines is 1. The first-order valence-corrected chi connectivity index (χ1v) is 15.2. The van der Waals surface area contributed by atoms with Gasteiger partial charge in [0.2, 0.25) is 5.91 Å². The molecule has 3 N–H and O–H groups in total. The fourth-order valence-electron chi connectivity index (χ4n) is 4.71. The predicted octanol–water partition coefficient (Wildman–Crippen LogP) is 7.69. The maximum Gasteiger partial charge on any atom is 0.408 e. The zero-order valence-corrected chi connectivity index (χ0v) is 27.1. The number of hydrogen-bond donors (Lipinski definition) is 3. The predicted molar refractivity (Wildman–Crippen MR) is 169 cm³/mol. The van der Waals surface area contributed by atoms with Crippen LogP contribution in [0.5, 0.6) is 5.75 Å². The molecule has 8 nitrogen and oxygen atoms in total. The lowest BCUT2D eigenvalue weighted by Crippen LogP contribution is -2.55. The summed E-state index contributed by atoms with van der Waals surface area (Å²) in [6.07, 6.45) is 3.35. The van der Waals surface area contributed by atoms with E-state index in [1.807, 2.05) is 26.8 Å². The minimum atomic E-state index is -1.19. The molecule has 3 atom stereocenters. The molecular formula is C33H48ClN3O5. The van der Waals surface area contributed by atoms with Gasteiger partial charge in [-0.2, -0.15) is 0 Å². The van der Waals surface area contributed by atoms with Crippen LogP contribution in [0.3, 0.4) is 0 Å². The Balaban J connectivity index is 2.66. The van der Waals surface area contributed by atoms with Crippen LogP contribution < -0.4 is 10.6 Å². The summed E-state index contributed by atoms with van der Waals surface area (Å²) in [5, 5.41) is 17.2. The highest BCUT2D eigenvalue weighted by Crippen LogP contribution is 2.35.